The van der Waals surface area contributed by atoms with Gasteiger partial charge in [0.05, 0.1) is 22.4 Å². The van der Waals surface area contributed by atoms with Crippen LogP contribution in [-0.2, 0) is 24.0 Å². The van der Waals surface area contributed by atoms with Crippen molar-refractivity contribution in [2.75, 3.05) is 0 Å². The van der Waals surface area contributed by atoms with Gasteiger partial charge in [-0.2, -0.15) is 0 Å². The summed E-state index contributed by atoms with van der Waals surface area (Å²) in [7, 11) is -1.99. The van der Waals surface area contributed by atoms with Crippen LogP contribution in [0.1, 0.15) is 87.5 Å². The van der Waals surface area contributed by atoms with Crippen LogP contribution in [0.4, 0.5) is 0 Å². The van der Waals surface area contributed by atoms with Gasteiger partial charge in [0.2, 0.25) is 0 Å². The fourth-order valence-electron chi connectivity index (χ4n) is 4.82. The molecule has 0 unspecified atom stereocenters. The van der Waals surface area contributed by atoms with E-state index in [-0.39, 0.29) is 42.1 Å². The standard InChI is InChI=1S/C12H18BNO2.C11H16BNO2.C9H14BNO2.C6H8BNO/c1-9-8-10(6-7-14-9)13-15-11(2,3)12(4,5)16-13;1-10(2)11(3,4)15-12(14-10)9-5-7-13-8-6-9;1-9(2,3)8-5-4-7(6-11-8)10(12)13;1-7(9)6-3-2-4-8-5-6/h6-8H,1-5H3;5-8H,1-4H3;4-6,12-13H,1-3H3;2-5,9H,1H3. The SMILES string of the molecule is CB(O)c1cccnc1.CC(C)(C)c1ccc(B(O)O)cn1.CC1(C)OB(c2ccncc2)OC1(C)C.Cc1cc(B2OC(C)(C)C(C)(C)O2)ccn1. The largest absolute Gasteiger partial charge is 0.494 e. The summed E-state index contributed by atoms with van der Waals surface area (Å²) in [5.41, 5.74) is 4.13. The summed E-state index contributed by atoms with van der Waals surface area (Å²) >= 11 is 0. The third kappa shape index (κ3) is 12.3. The maximum absolute atomic E-state index is 8.98. The molecular weight excluding hydrogens is 668 g/mol. The molecule has 2 aliphatic heterocycles. The molecule has 6 heterocycles. The minimum atomic E-state index is -1.43. The normalized spacial score (nSPS) is 17.7. The monoisotopic (exact) mass is 724 g/mol. The van der Waals surface area contributed by atoms with Crippen LogP contribution in [0.3, 0.4) is 0 Å². The van der Waals surface area contributed by atoms with Crippen LogP contribution < -0.4 is 21.9 Å². The van der Waals surface area contributed by atoms with Gasteiger partial charge in [-0.05, 0) is 115 Å². The Labute approximate surface area is 317 Å². The van der Waals surface area contributed by atoms with Gasteiger partial charge in [-0.15, -0.1) is 0 Å². The summed E-state index contributed by atoms with van der Waals surface area (Å²) in [5, 5.41) is 26.6. The number of nitrogens with zero attached hydrogens (tertiary/aromatic N) is 4. The lowest BCUT2D eigenvalue weighted by atomic mass is 9.65. The second-order valence-corrected chi connectivity index (χ2v) is 16.3. The zero-order chi connectivity index (χ0) is 39.8. The maximum atomic E-state index is 8.98. The van der Waals surface area contributed by atoms with Crippen LogP contribution in [-0.4, -0.2) is 85.7 Å². The molecule has 4 aromatic rings. The van der Waals surface area contributed by atoms with Crippen LogP contribution in [0.25, 0.3) is 0 Å². The van der Waals surface area contributed by atoms with Crippen molar-refractivity contribution in [2.24, 2.45) is 0 Å². The van der Waals surface area contributed by atoms with Crippen LogP contribution in [0, 0.1) is 6.92 Å². The molecule has 6 rings (SSSR count). The highest BCUT2D eigenvalue weighted by Crippen LogP contribution is 2.37. The Morgan fingerprint density at radius 1 is 0.604 bits per heavy atom. The minimum Gasteiger partial charge on any atom is -0.446 e. The van der Waals surface area contributed by atoms with Crippen LogP contribution in [0.2, 0.25) is 6.82 Å². The van der Waals surface area contributed by atoms with E-state index in [0.29, 0.717) is 5.46 Å². The van der Waals surface area contributed by atoms with Gasteiger partial charge < -0.3 is 33.7 Å². The van der Waals surface area contributed by atoms with Crippen molar-refractivity contribution in [1.29, 1.82) is 0 Å². The Balaban J connectivity index is 0.000000194. The lowest BCUT2D eigenvalue weighted by Gasteiger charge is -2.32. The Morgan fingerprint density at radius 3 is 1.49 bits per heavy atom. The van der Waals surface area contributed by atoms with Gasteiger partial charge in [0.25, 0.3) is 0 Å². The van der Waals surface area contributed by atoms with E-state index in [1.807, 2.05) is 77.1 Å². The van der Waals surface area contributed by atoms with Gasteiger partial charge in [0.15, 0.2) is 0 Å². The highest BCUT2D eigenvalue weighted by Gasteiger charge is 2.52. The molecule has 0 spiro atoms. The van der Waals surface area contributed by atoms with Gasteiger partial charge in [-0.1, -0.05) is 39.7 Å². The molecule has 11 nitrogen and oxygen atoms in total. The summed E-state index contributed by atoms with van der Waals surface area (Å²) in [5.74, 6) is 0. The van der Waals surface area contributed by atoms with Crippen LogP contribution in [0.5, 0.6) is 0 Å². The number of aromatic nitrogens is 4. The Bertz CT molecular complexity index is 1680. The molecule has 2 saturated heterocycles. The number of aryl methyl sites for hydroxylation is 1. The Hall–Kier alpha value is -3.42. The molecule has 0 aliphatic carbocycles. The average Bonchev–Trinajstić information content (AvgIpc) is 3.45. The average molecular weight is 724 g/mol. The van der Waals surface area contributed by atoms with Crippen molar-refractivity contribution in [2.45, 2.75) is 118 Å². The maximum Gasteiger partial charge on any atom is 0.494 e. The van der Waals surface area contributed by atoms with Crippen molar-refractivity contribution in [1.82, 2.24) is 19.9 Å². The Morgan fingerprint density at radius 2 is 1.11 bits per heavy atom. The van der Waals surface area contributed by atoms with E-state index in [0.717, 1.165) is 27.8 Å². The van der Waals surface area contributed by atoms with Gasteiger partial charge in [-0.25, -0.2) is 0 Å². The lowest BCUT2D eigenvalue weighted by molar-refractivity contribution is 0.00578. The minimum absolute atomic E-state index is 0.00105. The second kappa shape index (κ2) is 17.8. The van der Waals surface area contributed by atoms with Crippen LogP contribution in [0.15, 0.2) is 85.7 Å². The van der Waals surface area contributed by atoms with E-state index >= 15 is 0 Å². The summed E-state index contributed by atoms with van der Waals surface area (Å²) in [6.45, 7) is 25.9. The first-order valence-corrected chi connectivity index (χ1v) is 17.9. The van der Waals surface area contributed by atoms with Gasteiger partial charge in [-0.3, -0.25) is 19.9 Å². The molecule has 15 heteroatoms. The molecule has 0 saturated carbocycles. The highest BCUT2D eigenvalue weighted by molar-refractivity contribution is 6.64. The molecule has 282 valence electrons. The third-order valence-corrected chi connectivity index (χ3v) is 9.70. The van der Waals surface area contributed by atoms with Gasteiger partial charge in [0, 0.05) is 59.4 Å². The van der Waals surface area contributed by atoms with Crippen molar-refractivity contribution < 1.29 is 33.7 Å². The number of hydrogen-bond acceptors (Lipinski definition) is 11. The van der Waals surface area contributed by atoms with Crippen molar-refractivity contribution >= 4 is 50.1 Å². The first-order chi connectivity index (χ1) is 24.5. The molecule has 0 aromatic carbocycles. The molecule has 0 radical (unpaired) electrons. The van der Waals surface area contributed by atoms with Crippen molar-refractivity contribution in [3.05, 3.63) is 97.1 Å². The van der Waals surface area contributed by atoms with E-state index < -0.39 is 14.0 Å². The molecule has 0 atom stereocenters. The lowest BCUT2D eigenvalue weighted by Crippen LogP contribution is -2.41. The molecule has 3 N–H and O–H groups in total. The molecule has 0 amide bonds. The number of rotatable bonds is 4. The molecule has 2 aliphatic rings. The van der Waals surface area contributed by atoms with E-state index in [4.69, 9.17) is 33.7 Å². The third-order valence-electron chi connectivity index (χ3n) is 9.70. The van der Waals surface area contributed by atoms with Gasteiger partial charge >= 0.3 is 28.3 Å². The summed E-state index contributed by atoms with van der Waals surface area (Å²) in [4.78, 5) is 16.1. The highest BCUT2D eigenvalue weighted by atomic mass is 16.7. The molecule has 2 fully saturated rings. The van der Waals surface area contributed by atoms with E-state index in [2.05, 4.69) is 68.4 Å². The topological polar surface area (TPSA) is 149 Å². The first kappa shape index (κ1) is 44.0. The van der Waals surface area contributed by atoms with E-state index in [9.17, 15) is 0 Å². The predicted octanol–water partition coefficient (Wildman–Crippen LogP) is 3.03. The molecule has 0 bridgehead atoms. The molecule has 4 aromatic heterocycles. The second-order valence-electron chi connectivity index (χ2n) is 16.3. The smallest absolute Gasteiger partial charge is 0.446 e. The van der Waals surface area contributed by atoms with Crippen molar-refractivity contribution in [3.8, 4) is 0 Å². The summed E-state index contributed by atoms with van der Waals surface area (Å²) < 4.78 is 23.7. The van der Waals surface area contributed by atoms with E-state index in [1.165, 1.54) is 6.20 Å². The molecule has 53 heavy (non-hydrogen) atoms. The predicted molar refractivity (Wildman–Crippen MR) is 215 cm³/mol. The Kier molecular flexibility index (Phi) is 14.8. The summed E-state index contributed by atoms with van der Waals surface area (Å²) in [6, 6.07) is 14.9. The zero-order valence-corrected chi connectivity index (χ0v) is 33.7. The zero-order valence-electron chi connectivity index (χ0n) is 33.7. The molecular formula is C38H56B4N4O7. The van der Waals surface area contributed by atoms with Crippen molar-refractivity contribution in [3.63, 3.8) is 0 Å². The number of pyridine rings is 4. The summed E-state index contributed by atoms with van der Waals surface area (Å²) in [6.07, 6.45) is 10.1. The number of hydrogen-bond donors (Lipinski definition) is 3. The first-order valence-electron chi connectivity index (χ1n) is 17.9. The fourth-order valence-corrected chi connectivity index (χ4v) is 4.82. The quantitative estimate of drug-likeness (QED) is 0.267. The van der Waals surface area contributed by atoms with E-state index in [1.54, 1.807) is 43.9 Å². The fraction of sp³-hybridized carbons (Fsp3) is 0.474. The van der Waals surface area contributed by atoms with Gasteiger partial charge in [0.1, 0.15) is 0 Å². The van der Waals surface area contributed by atoms with Crippen LogP contribution >= 0.6 is 0 Å².